The quantitative estimate of drug-likeness (QED) is 0.442. The van der Waals surface area contributed by atoms with Crippen molar-refractivity contribution in [1.82, 2.24) is 15.3 Å². The molecule has 2 aromatic heterocycles. The van der Waals surface area contributed by atoms with Gasteiger partial charge in [0, 0.05) is 10.3 Å². The van der Waals surface area contributed by atoms with Crippen LogP contribution >= 0.6 is 23.1 Å². The normalized spacial score (nSPS) is 15.5. The number of hydrogen-bond donors (Lipinski definition) is 1. The van der Waals surface area contributed by atoms with Crippen molar-refractivity contribution in [3.63, 3.8) is 0 Å². The van der Waals surface area contributed by atoms with Crippen LogP contribution in [0.1, 0.15) is 37.1 Å². The van der Waals surface area contributed by atoms with Crippen LogP contribution in [0, 0.1) is 5.92 Å². The molecule has 0 aliphatic heterocycles. The Bertz CT molecular complexity index is 821. The van der Waals surface area contributed by atoms with E-state index in [9.17, 15) is 9.59 Å². The number of ether oxygens (including phenoxy) is 1. The summed E-state index contributed by atoms with van der Waals surface area (Å²) in [5, 5.41) is 4.76. The standard InChI is InChI=1S/C18H23N3O3S2/c1-4-10(2)15(18(23)24-3)21-13(22)8-25-16-14-11-6-5-7-12(11)26-17(14)20-9-19-16/h9-10,15H,4-8H2,1-3H3,(H,21,22)/t10-,15+/m0/s1. The topological polar surface area (TPSA) is 81.2 Å². The molecule has 3 rings (SSSR count). The van der Waals surface area contributed by atoms with E-state index in [2.05, 4.69) is 15.3 Å². The molecule has 8 heteroatoms. The zero-order valence-corrected chi connectivity index (χ0v) is 16.8. The average molecular weight is 394 g/mol. The predicted molar refractivity (Wildman–Crippen MR) is 104 cm³/mol. The zero-order chi connectivity index (χ0) is 18.7. The van der Waals surface area contributed by atoms with Crippen molar-refractivity contribution >= 4 is 45.2 Å². The number of carbonyl (C=O) groups excluding carboxylic acids is 2. The molecular weight excluding hydrogens is 370 g/mol. The van der Waals surface area contributed by atoms with E-state index in [0.717, 1.165) is 34.5 Å². The molecule has 0 spiro atoms. The third-order valence-corrected chi connectivity index (χ3v) is 6.98. The molecule has 0 radical (unpaired) electrons. The molecule has 0 fully saturated rings. The van der Waals surface area contributed by atoms with Crippen LogP contribution in [0.5, 0.6) is 0 Å². The zero-order valence-electron chi connectivity index (χ0n) is 15.2. The first-order chi connectivity index (χ1) is 12.5. The molecule has 2 heterocycles. The van der Waals surface area contributed by atoms with Gasteiger partial charge in [0.2, 0.25) is 5.91 Å². The van der Waals surface area contributed by atoms with Gasteiger partial charge in [-0.05, 0) is 30.7 Å². The Morgan fingerprint density at radius 1 is 1.38 bits per heavy atom. The van der Waals surface area contributed by atoms with Gasteiger partial charge in [-0.2, -0.15) is 0 Å². The average Bonchev–Trinajstić information content (AvgIpc) is 3.24. The maximum absolute atomic E-state index is 12.4. The van der Waals surface area contributed by atoms with E-state index >= 15 is 0 Å². The van der Waals surface area contributed by atoms with Crippen molar-refractivity contribution in [2.24, 2.45) is 5.92 Å². The largest absolute Gasteiger partial charge is 0.467 e. The van der Waals surface area contributed by atoms with Crippen molar-refractivity contribution in [2.75, 3.05) is 12.9 Å². The fourth-order valence-electron chi connectivity index (χ4n) is 3.15. The first kappa shape index (κ1) is 19.1. The lowest BCUT2D eigenvalue weighted by atomic mass is 9.99. The van der Waals surface area contributed by atoms with E-state index in [1.807, 2.05) is 13.8 Å². The van der Waals surface area contributed by atoms with Gasteiger partial charge >= 0.3 is 5.97 Å². The molecule has 2 atom stereocenters. The SMILES string of the molecule is CC[C@H](C)[C@@H](NC(=O)CSc1ncnc2sc3c(c12)CCC3)C(=O)OC. The Labute approximate surface area is 161 Å². The Morgan fingerprint density at radius 2 is 2.19 bits per heavy atom. The maximum atomic E-state index is 12.4. The summed E-state index contributed by atoms with van der Waals surface area (Å²) >= 11 is 3.13. The van der Waals surface area contributed by atoms with E-state index in [-0.39, 0.29) is 17.6 Å². The molecule has 2 aromatic rings. The maximum Gasteiger partial charge on any atom is 0.328 e. The van der Waals surface area contributed by atoms with Gasteiger partial charge in [0.15, 0.2) is 0 Å². The predicted octanol–water partition coefficient (Wildman–Crippen LogP) is 2.98. The minimum Gasteiger partial charge on any atom is -0.467 e. The van der Waals surface area contributed by atoms with Crippen molar-refractivity contribution in [2.45, 2.75) is 50.6 Å². The van der Waals surface area contributed by atoms with E-state index < -0.39 is 12.0 Å². The minimum atomic E-state index is -0.617. The summed E-state index contributed by atoms with van der Waals surface area (Å²) in [6.07, 6.45) is 5.68. The summed E-state index contributed by atoms with van der Waals surface area (Å²) < 4.78 is 4.82. The van der Waals surface area contributed by atoms with Gasteiger partial charge in [-0.15, -0.1) is 11.3 Å². The molecule has 0 saturated carbocycles. The van der Waals surface area contributed by atoms with Crippen molar-refractivity contribution in [1.29, 1.82) is 0 Å². The molecule has 6 nitrogen and oxygen atoms in total. The number of carbonyl (C=O) groups is 2. The van der Waals surface area contributed by atoms with Crippen LogP contribution < -0.4 is 5.32 Å². The van der Waals surface area contributed by atoms with Crippen LogP contribution in [0.2, 0.25) is 0 Å². The molecule has 1 aliphatic rings. The second-order valence-electron chi connectivity index (χ2n) is 6.46. The number of nitrogens with zero attached hydrogens (tertiary/aromatic N) is 2. The fourth-order valence-corrected chi connectivity index (χ4v) is 5.28. The number of fused-ring (bicyclic) bond motifs is 3. The van der Waals surface area contributed by atoms with Crippen molar-refractivity contribution in [3.05, 3.63) is 16.8 Å². The van der Waals surface area contributed by atoms with Crippen LogP contribution in [0.3, 0.4) is 0 Å². The molecule has 0 bridgehead atoms. The summed E-state index contributed by atoms with van der Waals surface area (Å²) in [6.45, 7) is 3.91. The molecule has 0 aromatic carbocycles. The van der Waals surface area contributed by atoms with Gasteiger partial charge in [-0.3, -0.25) is 4.79 Å². The molecule has 1 aliphatic carbocycles. The number of nitrogens with one attached hydrogen (secondary N) is 1. The summed E-state index contributed by atoms with van der Waals surface area (Å²) in [5.41, 5.74) is 1.35. The smallest absolute Gasteiger partial charge is 0.328 e. The lowest BCUT2D eigenvalue weighted by Gasteiger charge is -2.21. The number of thiophene rings is 1. The van der Waals surface area contributed by atoms with Crippen LogP contribution in [-0.4, -0.2) is 40.7 Å². The second kappa shape index (κ2) is 8.35. The molecule has 0 unspecified atom stereocenters. The van der Waals surface area contributed by atoms with Gasteiger partial charge in [0.1, 0.15) is 22.2 Å². The highest BCUT2D eigenvalue weighted by atomic mass is 32.2. The third-order valence-electron chi connectivity index (χ3n) is 4.79. The van der Waals surface area contributed by atoms with Gasteiger partial charge in [0.05, 0.1) is 12.9 Å². The summed E-state index contributed by atoms with van der Waals surface area (Å²) in [5.74, 6) is -0.370. The molecular formula is C18H23N3O3S2. The molecule has 26 heavy (non-hydrogen) atoms. The number of aryl methyl sites for hydroxylation is 2. The Hall–Kier alpha value is -1.67. The molecule has 1 N–H and O–H groups in total. The van der Waals surface area contributed by atoms with E-state index in [4.69, 9.17) is 4.74 Å². The van der Waals surface area contributed by atoms with E-state index in [1.165, 1.54) is 35.7 Å². The highest BCUT2D eigenvalue weighted by molar-refractivity contribution is 8.00. The molecule has 0 saturated heterocycles. The highest BCUT2D eigenvalue weighted by Crippen LogP contribution is 2.39. The van der Waals surface area contributed by atoms with Gasteiger partial charge in [-0.25, -0.2) is 14.8 Å². The van der Waals surface area contributed by atoms with Crippen molar-refractivity contribution < 1.29 is 14.3 Å². The third kappa shape index (κ3) is 3.86. The van der Waals surface area contributed by atoms with Crippen LogP contribution in [0.15, 0.2) is 11.4 Å². The van der Waals surface area contributed by atoms with Crippen molar-refractivity contribution in [3.8, 4) is 0 Å². The summed E-state index contributed by atoms with van der Waals surface area (Å²) in [4.78, 5) is 35.5. The highest BCUT2D eigenvalue weighted by Gasteiger charge is 2.27. The second-order valence-corrected chi connectivity index (χ2v) is 8.51. The van der Waals surface area contributed by atoms with Crippen LogP contribution in [0.25, 0.3) is 10.2 Å². The number of hydrogen-bond acceptors (Lipinski definition) is 7. The number of aromatic nitrogens is 2. The number of rotatable bonds is 7. The summed E-state index contributed by atoms with van der Waals surface area (Å²) in [7, 11) is 1.34. The number of thioether (sulfide) groups is 1. The lowest BCUT2D eigenvalue weighted by molar-refractivity contribution is -0.146. The van der Waals surface area contributed by atoms with E-state index in [0.29, 0.717) is 0 Å². The summed E-state index contributed by atoms with van der Waals surface area (Å²) in [6, 6.07) is -0.617. The Morgan fingerprint density at radius 3 is 2.92 bits per heavy atom. The first-order valence-corrected chi connectivity index (χ1v) is 10.6. The van der Waals surface area contributed by atoms with Crippen LogP contribution in [0.4, 0.5) is 0 Å². The number of esters is 1. The lowest BCUT2D eigenvalue weighted by Crippen LogP contribution is -2.46. The number of amides is 1. The van der Waals surface area contributed by atoms with Gasteiger partial charge < -0.3 is 10.1 Å². The Balaban J connectivity index is 1.70. The van der Waals surface area contributed by atoms with Gasteiger partial charge in [-0.1, -0.05) is 32.0 Å². The van der Waals surface area contributed by atoms with Crippen LogP contribution in [-0.2, 0) is 27.2 Å². The minimum absolute atomic E-state index is 0.0160. The monoisotopic (exact) mass is 393 g/mol. The van der Waals surface area contributed by atoms with Gasteiger partial charge in [0.25, 0.3) is 0 Å². The fraction of sp³-hybridized carbons (Fsp3) is 0.556. The molecule has 140 valence electrons. The molecule has 1 amide bonds. The number of methoxy groups -OCH3 is 1. The first-order valence-electron chi connectivity index (χ1n) is 8.80. The Kier molecular flexibility index (Phi) is 6.13. The van der Waals surface area contributed by atoms with E-state index in [1.54, 1.807) is 17.7 Å².